The number of carbonyl (C=O) groups is 2. The first-order valence-electron chi connectivity index (χ1n) is 6.93. The summed E-state index contributed by atoms with van der Waals surface area (Å²) in [5.74, 6) is -0.619. The average molecular weight is 273 g/mol. The second kappa shape index (κ2) is 5.00. The summed E-state index contributed by atoms with van der Waals surface area (Å²) in [6, 6.07) is 10.0. The lowest BCUT2D eigenvalue weighted by Crippen LogP contribution is -2.43. The zero-order chi connectivity index (χ0) is 14.3. The lowest BCUT2D eigenvalue weighted by molar-refractivity contribution is -0.139. The van der Waals surface area contributed by atoms with Gasteiger partial charge in [-0.05, 0) is 5.56 Å². The third kappa shape index (κ3) is 1.94. The Morgan fingerprint density at radius 3 is 2.55 bits per heavy atom. The van der Waals surface area contributed by atoms with E-state index in [1.54, 1.807) is 7.05 Å². The van der Waals surface area contributed by atoms with Gasteiger partial charge in [-0.1, -0.05) is 30.3 Å². The van der Waals surface area contributed by atoms with Crippen LogP contribution in [0.5, 0.6) is 0 Å². The van der Waals surface area contributed by atoms with Crippen molar-refractivity contribution < 1.29 is 9.59 Å². The number of hydrogen-bond donors (Lipinski definition) is 1. The van der Waals surface area contributed by atoms with Crippen LogP contribution in [-0.2, 0) is 16.1 Å². The van der Waals surface area contributed by atoms with E-state index in [4.69, 9.17) is 5.73 Å². The van der Waals surface area contributed by atoms with E-state index in [0.717, 1.165) is 6.54 Å². The van der Waals surface area contributed by atoms with Crippen molar-refractivity contribution in [1.29, 1.82) is 0 Å². The van der Waals surface area contributed by atoms with Gasteiger partial charge in [0.15, 0.2) is 0 Å². The van der Waals surface area contributed by atoms with Gasteiger partial charge in [0.1, 0.15) is 0 Å². The van der Waals surface area contributed by atoms with Crippen molar-refractivity contribution in [2.24, 2.45) is 17.6 Å². The summed E-state index contributed by atoms with van der Waals surface area (Å²) in [7, 11) is 1.57. The normalized spacial score (nSPS) is 30.1. The fourth-order valence-electron chi connectivity index (χ4n) is 3.44. The van der Waals surface area contributed by atoms with Gasteiger partial charge in [-0.15, -0.1) is 0 Å². The van der Waals surface area contributed by atoms with E-state index in [-0.39, 0.29) is 29.7 Å². The number of amides is 2. The standard InChI is InChI=1S/C15H19N3O2/c1-17-14(19)11-9-18(8-10-5-3-2-4-6-10)12(7-16)13(11)15(17)20/h2-6,11-13H,7-9,16H2,1H3/t11-,12+,13-/m1/s1. The quantitative estimate of drug-likeness (QED) is 0.791. The number of nitrogens with zero attached hydrogens (tertiary/aromatic N) is 2. The SMILES string of the molecule is CN1C(=O)[C@@H]2[C@@H](CN(Cc3ccccc3)[C@H]2CN)C1=O. The molecule has 3 rings (SSSR count). The molecule has 0 aromatic heterocycles. The molecule has 3 atom stereocenters. The van der Waals surface area contributed by atoms with Gasteiger partial charge in [0.25, 0.3) is 0 Å². The molecule has 2 amide bonds. The number of rotatable bonds is 3. The molecular formula is C15H19N3O2. The van der Waals surface area contributed by atoms with Gasteiger partial charge < -0.3 is 5.73 Å². The van der Waals surface area contributed by atoms with Gasteiger partial charge in [0.05, 0.1) is 11.8 Å². The van der Waals surface area contributed by atoms with Gasteiger partial charge in [-0.2, -0.15) is 0 Å². The molecule has 5 heteroatoms. The molecular weight excluding hydrogens is 254 g/mol. The van der Waals surface area contributed by atoms with Crippen molar-refractivity contribution in [1.82, 2.24) is 9.80 Å². The third-order valence-corrected chi connectivity index (χ3v) is 4.48. The van der Waals surface area contributed by atoms with E-state index in [1.807, 2.05) is 18.2 Å². The Kier molecular flexibility index (Phi) is 3.31. The largest absolute Gasteiger partial charge is 0.329 e. The zero-order valence-corrected chi connectivity index (χ0v) is 11.5. The fourth-order valence-corrected chi connectivity index (χ4v) is 3.44. The molecule has 0 saturated carbocycles. The summed E-state index contributed by atoms with van der Waals surface area (Å²) < 4.78 is 0. The Bertz CT molecular complexity index is 531. The molecule has 0 unspecified atom stereocenters. The predicted octanol–water partition coefficient (Wildman–Crippen LogP) is 0.0605. The van der Waals surface area contributed by atoms with E-state index in [0.29, 0.717) is 13.1 Å². The lowest BCUT2D eigenvalue weighted by atomic mass is 9.93. The van der Waals surface area contributed by atoms with Crippen LogP contribution in [0.3, 0.4) is 0 Å². The number of fused-ring (bicyclic) bond motifs is 1. The predicted molar refractivity (Wildman–Crippen MR) is 74.5 cm³/mol. The molecule has 2 heterocycles. The highest BCUT2D eigenvalue weighted by molar-refractivity contribution is 6.05. The summed E-state index contributed by atoms with van der Waals surface area (Å²) in [5.41, 5.74) is 7.04. The number of imide groups is 1. The minimum Gasteiger partial charge on any atom is -0.329 e. The summed E-state index contributed by atoms with van der Waals surface area (Å²) in [4.78, 5) is 27.7. The number of likely N-dealkylation sites (tertiary alicyclic amines) is 2. The first kappa shape index (κ1) is 13.3. The lowest BCUT2D eigenvalue weighted by Gasteiger charge is -2.26. The molecule has 106 valence electrons. The van der Waals surface area contributed by atoms with Crippen molar-refractivity contribution in [2.45, 2.75) is 12.6 Å². The first-order chi connectivity index (χ1) is 9.63. The molecule has 2 aliphatic rings. The van der Waals surface area contributed by atoms with Crippen LogP contribution in [0.4, 0.5) is 0 Å². The molecule has 0 bridgehead atoms. The summed E-state index contributed by atoms with van der Waals surface area (Å²) in [6.45, 7) is 1.76. The van der Waals surface area contributed by atoms with E-state index >= 15 is 0 Å². The van der Waals surface area contributed by atoms with Crippen LogP contribution < -0.4 is 5.73 Å². The Hall–Kier alpha value is -1.72. The van der Waals surface area contributed by atoms with Gasteiger partial charge >= 0.3 is 0 Å². The van der Waals surface area contributed by atoms with Crippen molar-refractivity contribution in [3.05, 3.63) is 35.9 Å². The van der Waals surface area contributed by atoms with Crippen LogP contribution in [0.15, 0.2) is 30.3 Å². The van der Waals surface area contributed by atoms with E-state index in [2.05, 4.69) is 17.0 Å². The zero-order valence-electron chi connectivity index (χ0n) is 11.5. The average Bonchev–Trinajstić information content (AvgIpc) is 2.92. The summed E-state index contributed by atoms with van der Waals surface area (Å²) in [6.07, 6.45) is 0. The van der Waals surface area contributed by atoms with Crippen LogP contribution in [-0.4, -0.2) is 47.8 Å². The van der Waals surface area contributed by atoms with Crippen LogP contribution >= 0.6 is 0 Å². The van der Waals surface area contributed by atoms with Crippen LogP contribution in [0.25, 0.3) is 0 Å². The molecule has 2 saturated heterocycles. The van der Waals surface area contributed by atoms with E-state index in [1.165, 1.54) is 10.5 Å². The molecule has 1 aromatic carbocycles. The van der Waals surface area contributed by atoms with E-state index < -0.39 is 0 Å². The fraction of sp³-hybridized carbons (Fsp3) is 0.467. The molecule has 0 aliphatic carbocycles. The molecule has 1 aromatic rings. The number of benzene rings is 1. The van der Waals surface area contributed by atoms with Crippen molar-refractivity contribution >= 4 is 11.8 Å². The Morgan fingerprint density at radius 2 is 1.90 bits per heavy atom. The Labute approximate surface area is 118 Å². The second-order valence-electron chi connectivity index (χ2n) is 5.59. The van der Waals surface area contributed by atoms with Gasteiger partial charge in [0.2, 0.25) is 11.8 Å². The van der Waals surface area contributed by atoms with Crippen molar-refractivity contribution in [3.63, 3.8) is 0 Å². The minimum absolute atomic E-state index is 0.0402. The smallest absolute Gasteiger partial charge is 0.234 e. The van der Waals surface area contributed by atoms with Crippen LogP contribution in [0, 0.1) is 11.8 Å². The maximum Gasteiger partial charge on any atom is 0.234 e. The maximum atomic E-state index is 12.2. The van der Waals surface area contributed by atoms with Crippen molar-refractivity contribution in [2.75, 3.05) is 20.1 Å². The minimum atomic E-state index is -0.263. The van der Waals surface area contributed by atoms with Gasteiger partial charge in [-0.25, -0.2) is 0 Å². The van der Waals surface area contributed by atoms with Gasteiger partial charge in [-0.3, -0.25) is 19.4 Å². The highest BCUT2D eigenvalue weighted by Crippen LogP contribution is 2.37. The van der Waals surface area contributed by atoms with Crippen LogP contribution in [0.1, 0.15) is 5.56 Å². The monoisotopic (exact) mass is 273 g/mol. The van der Waals surface area contributed by atoms with Crippen molar-refractivity contribution in [3.8, 4) is 0 Å². The highest BCUT2D eigenvalue weighted by Gasteiger charge is 2.55. The summed E-state index contributed by atoms with van der Waals surface area (Å²) in [5, 5.41) is 0. The molecule has 0 spiro atoms. The number of nitrogens with two attached hydrogens (primary N) is 1. The molecule has 2 N–H and O–H groups in total. The summed E-state index contributed by atoms with van der Waals surface area (Å²) >= 11 is 0. The van der Waals surface area contributed by atoms with Gasteiger partial charge in [0, 0.05) is 32.7 Å². The second-order valence-corrected chi connectivity index (χ2v) is 5.59. The molecule has 5 nitrogen and oxygen atoms in total. The maximum absolute atomic E-state index is 12.2. The molecule has 2 aliphatic heterocycles. The Balaban J connectivity index is 1.82. The van der Waals surface area contributed by atoms with E-state index in [9.17, 15) is 9.59 Å². The third-order valence-electron chi connectivity index (χ3n) is 4.48. The molecule has 2 fully saturated rings. The highest BCUT2D eigenvalue weighted by atomic mass is 16.2. The molecule has 20 heavy (non-hydrogen) atoms. The number of hydrogen-bond acceptors (Lipinski definition) is 4. The topological polar surface area (TPSA) is 66.6 Å². The Morgan fingerprint density at radius 1 is 1.20 bits per heavy atom. The first-order valence-corrected chi connectivity index (χ1v) is 6.93. The number of carbonyl (C=O) groups excluding carboxylic acids is 2. The van der Waals surface area contributed by atoms with Crippen LogP contribution in [0.2, 0.25) is 0 Å². The molecule has 0 radical (unpaired) electrons.